The molecule has 1 aromatic rings. The van der Waals surface area contributed by atoms with Crippen LogP contribution in [-0.4, -0.2) is 30.4 Å². The first-order valence-electron chi connectivity index (χ1n) is 4.89. The average Bonchev–Trinajstić information content (AvgIpc) is 2.53. The van der Waals surface area contributed by atoms with Crippen molar-refractivity contribution in [1.82, 2.24) is 14.3 Å². The molecule has 17 heavy (non-hydrogen) atoms. The predicted molar refractivity (Wildman–Crippen MR) is 61.2 cm³/mol. The Kier molecular flexibility index (Phi) is 4.07. The molecule has 0 saturated carbocycles. The molecule has 0 spiro atoms. The topological polar surface area (TPSA) is 133 Å². The second-order valence-corrected chi connectivity index (χ2v) is 5.20. The number of hydrogen-bond donors (Lipinski definition) is 3. The summed E-state index contributed by atoms with van der Waals surface area (Å²) >= 11 is 0. The zero-order valence-corrected chi connectivity index (χ0v) is 10.2. The summed E-state index contributed by atoms with van der Waals surface area (Å²) in [6.07, 6.45) is 1.78. The number of nitrogens with one attached hydrogen (secondary N) is 1. The van der Waals surface area contributed by atoms with Crippen molar-refractivity contribution in [3.63, 3.8) is 0 Å². The molecule has 0 aliphatic carbocycles. The first-order chi connectivity index (χ1) is 7.84. The van der Waals surface area contributed by atoms with E-state index < -0.39 is 15.9 Å². The molecular weight excluding hydrogens is 246 g/mol. The first kappa shape index (κ1) is 13.5. The van der Waals surface area contributed by atoms with Crippen molar-refractivity contribution in [3.8, 4) is 0 Å². The van der Waals surface area contributed by atoms with Crippen molar-refractivity contribution in [1.29, 1.82) is 0 Å². The van der Waals surface area contributed by atoms with E-state index >= 15 is 0 Å². The number of nitrogens with two attached hydrogens (primary N) is 2. The molecule has 0 atom stereocenters. The molecule has 0 saturated heterocycles. The lowest BCUT2D eigenvalue weighted by Crippen LogP contribution is -2.28. The van der Waals surface area contributed by atoms with Gasteiger partial charge in [0.2, 0.25) is 5.91 Å². The Bertz CT molecular complexity index is 488. The normalized spacial score (nSPS) is 11.6. The van der Waals surface area contributed by atoms with Crippen LogP contribution in [0.25, 0.3) is 0 Å². The highest BCUT2D eigenvalue weighted by Crippen LogP contribution is 2.14. The number of rotatable bonds is 6. The van der Waals surface area contributed by atoms with Crippen molar-refractivity contribution >= 4 is 21.7 Å². The van der Waals surface area contributed by atoms with Crippen molar-refractivity contribution in [2.45, 2.75) is 17.9 Å². The number of imidazole rings is 1. The van der Waals surface area contributed by atoms with Crippen LogP contribution in [0.1, 0.15) is 12.8 Å². The summed E-state index contributed by atoms with van der Waals surface area (Å²) in [7, 11) is -2.17. The number of nitrogens with zero attached hydrogens (tertiary/aromatic N) is 2. The summed E-state index contributed by atoms with van der Waals surface area (Å²) in [5.74, 6) is -0.529. The molecule has 1 rings (SSSR count). The van der Waals surface area contributed by atoms with Crippen LogP contribution in [0.4, 0.5) is 5.82 Å². The fourth-order valence-corrected chi connectivity index (χ4v) is 2.61. The van der Waals surface area contributed by atoms with Gasteiger partial charge in [-0.1, -0.05) is 0 Å². The van der Waals surface area contributed by atoms with Crippen molar-refractivity contribution in [2.24, 2.45) is 12.8 Å². The van der Waals surface area contributed by atoms with E-state index in [4.69, 9.17) is 11.5 Å². The fourth-order valence-electron chi connectivity index (χ4n) is 1.30. The van der Waals surface area contributed by atoms with Crippen molar-refractivity contribution in [3.05, 3.63) is 6.33 Å². The molecule has 8 nitrogen and oxygen atoms in total. The number of sulfonamides is 1. The largest absolute Gasteiger partial charge is 0.381 e. The lowest BCUT2D eigenvalue weighted by Gasteiger charge is -2.07. The monoisotopic (exact) mass is 261 g/mol. The van der Waals surface area contributed by atoms with Crippen molar-refractivity contribution < 1.29 is 13.2 Å². The van der Waals surface area contributed by atoms with E-state index in [-0.39, 0.29) is 23.8 Å². The molecule has 0 aliphatic rings. The van der Waals surface area contributed by atoms with E-state index in [0.29, 0.717) is 6.42 Å². The third-order valence-corrected chi connectivity index (χ3v) is 3.65. The zero-order valence-electron chi connectivity index (χ0n) is 9.38. The highest BCUT2D eigenvalue weighted by molar-refractivity contribution is 7.89. The minimum Gasteiger partial charge on any atom is -0.381 e. The number of aromatic nitrogens is 2. The summed E-state index contributed by atoms with van der Waals surface area (Å²) in [6, 6.07) is 0. The Labute approximate surface area is 99.0 Å². The van der Waals surface area contributed by atoms with Gasteiger partial charge in [-0.05, 0) is 6.42 Å². The molecule has 1 heterocycles. The predicted octanol–water partition coefficient (Wildman–Crippen LogP) is -1.45. The van der Waals surface area contributed by atoms with Gasteiger partial charge in [-0.25, -0.2) is 18.1 Å². The molecule has 0 aliphatic heterocycles. The Balaban J connectivity index is 2.67. The van der Waals surface area contributed by atoms with Gasteiger partial charge in [0.15, 0.2) is 10.8 Å². The lowest BCUT2D eigenvalue weighted by molar-refractivity contribution is -0.118. The number of anilines is 1. The number of carbonyl (C=O) groups excluding carboxylic acids is 1. The summed E-state index contributed by atoms with van der Waals surface area (Å²) < 4.78 is 27.3. The van der Waals surface area contributed by atoms with Crippen LogP contribution in [0.15, 0.2) is 11.4 Å². The van der Waals surface area contributed by atoms with Gasteiger partial charge < -0.3 is 16.0 Å². The smallest absolute Gasteiger partial charge is 0.260 e. The highest BCUT2D eigenvalue weighted by Gasteiger charge is 2.21. The van der Waals surface area contributed by atoms with Crippen molar-refractivity contribution in [2.75, 3.05) is 12.3 Å². The quantitative estimate of drug-likeness (QED) is 0.538. The molecule has 5 N–H and O–H groups in total. The average molecular weight is 261 g/mol. The molecule has 1 aromatic heterocycles. The van der Waals surface area contributed by atoms with E-state index in [0.717, 1.165) is 0 Å². The number of nitrogen functional groups attached to an aromatic ring is 1. The third-order valence-electron chi connectivity index (χ3n) is 2.06. The van der Waals surface area contributed by atoms with E-state index in [9.17, 15) is 13.2 Å². The van der Waals surface area contributed by atoms with Gasteiger partial charge in [-0.15, -0.1) is 0 Å². The molecule has 0 radical (unpaired) electrons. The van der Waals surface area contributed by atoms with Crippen LogP contribution in [0.2, 0.25) is 0 Å². The SMILES string of the molecule is Cn1cnc(N)c1S(=O)(=O)NCCCC(N)=O. The molecule has 96 valence electrons. The number of hydrogen-bond acceptors (Lipinski definition) is 5. The minimum absolute atomic E-state index is 0.0603. The molecular formula is C8H15N5O3S. The van der Waals surface area contributed by atoms with Crippen LogP contribution in [0.3, 0.4) is 0 Å². The second-order valence-electron chi connectivity index (χ2n) is 3.51. The van der Waals surface area contributed by atoms with Gasteiger partial charge in [0.05, 0.1) is 6.33 Å². The summed E-state index contributed by atoms with van der Waals surface area (Å²) in [5, 5.41) is -0.0865. The Morgan fingerprint density at radius 1 is 1.59 bits per heavy atom. The molecule has 9 heteroatoms. The maximum atomic E-state index is 11.8. The number of aryl methyl sites for hydroxylation is 1. The fraction of sp³-hybridized carbons (Fsp3) is 0.500. The molecule has 0 bridgehead atoms. The van der Waals surface area contributed by atoms with E-state index in [1.807, 2.05) is 0 Å². The van der Waals surface area contributed by atoms with Crippen LogP contribution in [0.5, 0.6) is 0 Å². The number of amides is 1. The van der Waals surface area contributed by atoms with Gasteiger partial charge in [-0.3, -0.25) is 4.79 Å². The Morgan fingerprint density at radius 2 is 2.24 bits per heavy atom. The number of carbonyl (C=O) groups is 1. The van der Waals surface area contributed by atoms with Gasteiger partial charge in [0.1, 0.15) is 0 Å². The zero-order chi connectivity index (χ0) is 13.1. The molecule has 0 aromatic carbocycles. The van der Waals surface area contributed by atoms with E-state index in [1.165, 1.54) is 17.9 Å². The van der Waals surface area contributed by atoms with Crippen LogP contribution < -0.4 is 16.2 Å². The van der Waals surface area contributed by atoms with Crippen LogP contribution >= 0.6 is 0 Å². The third kappa shape index (κ3) is 3.43. The van der Waals surface area contributed by atoms with Gasteiger partial charge in [0.25, 0.3) is 10.0 Å². The first-order valence-corrected chi connectivity index (χ1v) is 6.37. The lowest BCUT2D eigenvalue weighted by atomic mass is 10.3. The standard InChI is InChI=1S/C8H15N5O3S/c1-13-5-11-7(10)8(13)17(15,16)12-4-2-3-6(9)14/h5,12H,2-4,10H2,1H3,(H2,9,14). The van der Waals surface area contributed by atoms with Gasteiger partial charge in [0, 0.05) is 20.0 Å². The van der Waals surface area contributed by atoms with Gasteiger partial charge in [-0.2, -0.15) is 0 Å². The number of primary amides is 1. The molecule has 0 fully saturated rings. The second kappa shape index (κ2) is 5.15. The Morgan fingerprint density at radius 3 is 2.71 bits per heavy atom. The maximum absolute atomic E-state index is 11.8. The highest BCUT2D eigenvalue weighted by atomic mass is 32.2. The Hall–Kier alpha value is -1.61. The van der Waals surface area contributed by atoms with Crippen LogP contribution in [0, 0.1) is 0 Å². The minimum atomic E-state index is -3.70. The van der Waals surface area contributed by atoms with Crippen LogP contribution in [-0.2, 0) is 21.9 Å². The summed E-state index contributed by atoms with van der Waals surface area (Å²) in [6.45, 7) is 0.121. The molecule has 1 amide bonds. The van der Waals surface area contributed by atoms with Gasteiger partial charge >= 0.3 is 0 Å². The maximum Gasteiger partial charge on any atom is 0.260 e. The molecule has 0 unspecified atom stereocenters. The summed E-state index contributed by atoms with van der Waals surface area (Å²) in [4.78, 5) is 14.2. The van der Waals surface area contributed by atoms with E-state index in [2.05, 4.69) is 9.71 Å². The van der Waals surface area contributed by atoms with E-state index in [1.54, 1.807) is 0 Å². The summed E-state index contributed by atoms with van der Waals surface area (Å²) in [5.41, 5.74) is 10.4.